The predicted octanol–water partition coefficient (Wildman–Crippen LogP) is 5.95. The van der Waals surface area contributed by atoms with Gasteiger partial charge in [0, 0.05) is 49.2 Å². The molecule has 6 rings (SSSR count). The number of fused-ring (bicyclic) bond motifs is 2. The molecule has 3 aliphatic rings. The van der Waals surface area contributed by atoms with Gasteiger partial charge in [-0.2, -0.15) is 0 Å². The van der Waals surface area contributed by atoms with Crippen molar-refractivity contribution < 1.29 is 19.1 Å². The van der Waals surface area contributed by atoms with Gasteiger partial charge in [0.25, 0.3) is 5.91 Å². The lowest BCUT2D eigenvalue weighted by atomic mass is 9.82. The summed E-state index contributed by atoms with van der Waals surface area (Å²) in [7, 11) is 0. The van der Waals surface area contributed by atoms with E-state index in [0.717, 1.165) is 52.2 Å². The van der Waals surface area contributed by atoms with E-state index in [4.69, 9.17) is 21.1 Å². The molecule has 1 aliphatic carbocycles. The molecule has 7 nitrogen and oxygen atoms in total. The normalized spacial score (nSPS) is 19.5. The molecule has 2 aliphatic heterocycles. The van der Waals surface area contributed by atoms with Crippen LogP contribution in [0.5, 0.6) is 11.5 Å². The number of hydrogen-bond donors (Lipinski definition) is 1. The number of carbonyl (C=O) groups excluding carboxylic acids is 2. The van der Waals surface area contributed by atoms with E-state index in [1.807, 2.05) is 54.3 Å². The van der Waals surface area contributed by atoms with Crippen LogP contribution in [0.25, 0.3) is 5.57 Å². The lowest BCUT2D eigenvalue weighted by molar-refractivity contribution is -0.132. The number of amides is 2. The van der Waals surface area contributed by atoms with E-state index in [0.29, 0.717) is 44.3 Å². The zero-order chi connectivity index (χ0) is 30.8. The van der Waals surface area contributed by atoms with Crippen LogP contribution in [-0.4, -0.2) is 66.0 Å². The Morgan fingerprint density at radius 3 is 2.45 bits per heavy atom. The maximum Gasteiger partial charge on any atom is 0.252 e. The topological polar surface area (TPSA) is 71.1 Å². The number of carbonyl (C=O) groups is 2. The largest absolute Gasteiger partial charge is 0.490 e. The molecule has 3 aromatic rings. The summed E-state index contributed by atoms with van der Waals surface area (Å²) in [5.74, 6) is 1.65. The Hall–Kier alpha value is -3.81. The van der Waals surface area contributed by atoms with Gasteiger partial charge >= 0.3 is 0 Å². The lowest BCUT2D eigenvalue weighted by Gasteiger charge is -2.44. The number of halogens is 1. The molecule has 2 amide bonds. The van der Waals surface area contributed by atoms with Gasteiger partial charge in [0.15, 0.2) is 0 Å². The molecular weight excluding hydrogens is 574 g/mol. The van der Waals surface area contributed by atoms with E-state index in [1.54, 1.807) is 6.92 Å². The Bertz CT molecular complexity index is 1570. The summed E-state index contributed by atoms with van der Waals surface area (Å²) in [6.07, 6.45) is 2.72. The summed E-state index contributed by atoms with van der Waals surface area (Å²) in [6.45, 7) is 8.19. The van der Waals surface area contributed by atoms with Crippen LogP contribution in [-0.2, 0) is 16.1 Å². The smallest absolute Gasteiger partial charge is 0.252 e. The van der Waals surface area contributed by atoms with Crippen LogP contribution in [0.4, 0.5) is 0 Å². The average molecular weight is 614 g/mol. The second-order valence-corrected chi connectivity index (χ2v) is 12.7. The summed E-state index contributed by atoms with van der Waals surface area (Å²) in [6, 6.07) is 22.1. The number of aryl methyl sites for hydroxylation is 2. The van der Waals surface area contributed by atoms with Gasteiger partial charge in [0.2, 0.25) is 5.91 Å². The number of hydrogen-bond acceptors (Lipinski definition) is 5. The maximum absolute atomic E-state index is 14.5. The van der Waals surface area contributed by atoms with Gasteiger partial charge in [-0.15, -0.1) is 0 Å². The fraction of sp³-hybridized carbons (Fsp3) is 0.389. The first-order chi connectivity index (χ1) is 21.2. The second-order valence-electron chi connectivity index (χ2n) is 12.2. The van der Waals surface area contributed by atoms with Crippen LogP contribution in [0, 0.1) is 13.8 Å². The molecule has 0 unspecified atom stereocenters. The first-order valence-corrected chi connectivity index (χ1v) is 15.9. The van der Waals surface area contributed by atoms with Crippen molar-refractivity contribution in [2.24, 2.45) is 0 Å². The Morgan fingerprint density at radius 2 is 1.75 bits per heavy atom. The van der Waals surface area contributed by atoms with Crippen LogP contribution in [0.3, 0.4) is 0 Å². The zero-order valence-corrected chi connectivity index (χ0v) is 26.4. The highest BCUT2D eigenvalue weighted by atomic mass is 35.5. The Labute approximate surface area is 264 Å². The van der Waals surface area contributed by atoms with E-state index in [2.05, 4.69) is 41.4 Å². The summed E-state index contributed by atoms with van der Waals surface area (Å²) in [4.78, 5) is 30.8. The quantitative estimate of drug-likeness (QED) is 0.286. The Balaban J connectivity index is 1.22. The number of nitrogens with zero attached hydrogens (tertiary/aromatic N) is 2. The van der Waals surface area contributed by atoms with Crippen molar-refractivity contribution in [1.82, 2.24) is 15.1 Å². The molecule has 230 valence electrons. The minimum absolute atomic E-state index is 0.0484. The van der Waals surface area contributed by atoms with Crippen molar-refractivity contribution in [2.75, 3.05) is 26.3 Å². The molecule has 2 heterocycles. The summed E-state index contributed by atoms with van der Waals surface area (Å²) in [5, 5.41) is 4.36. The molecule has 3 aromatic carbocycles. The van der Waals surface area contributed by atoms with Gasteiger partial charge < -0.3 is 24.6 Å². The van der Waals surface area contributed by atoms with Crippen LogP contribution in [0.1, 0.15) is 48.4 Å². The number of benzene rings is 3. The fourth-order valence-corrected chi connectivity index (χ4v) is 6.60. The third-order valence-corrected chi connectivity index (χ3v) is 8.95. The Morgan fingerprint density at radius 1 is 0.977 bits per heavy atom. The van der Waals surface area contributed by atoms with Gasteiger partial charge in [-0.25, -0.2) is 0 Å². The average Bonchev–Trinajstić information content (AvgIpc) is 3.84. The molecular formula is C36H40ClN3O4. The third kappa shape index (κ3) is 6.95. The molecule has 2 fully saturated rings. The SMILES string of the molecule is CC(=O)N1C[C@H]2CC(c3ccc(OCCOc4ccc(Cl)cc4C)cc3)=C(C(=O)N(Cc3cccc(C)c3)C3CC3)[C@@H](C1)N2. The number of rotatable bonds is 10. The monoisotopic (exact) mass is 613 g/mol. The number of piperazine rings is 1. The molecule has 2 atom stereocenters. The zero-order valence-electron chi connectivity index (χ0n) is 25.6. The van der Waals surface area contributed by atoms with Gasteiger partial charge in [0.1, 0.15) is 24.7 Å². The van der Waals surface area contributed by atoms with Gasteiger partial charge in [-0.1, -0.05) is 53.6 Å². The van der Waals surface area contributed by atoms with Crippen LogP contribution >= 0.6 is 11.6 Å². The molecule has 2 bridgehead atoms. The van der Waals surface area contributed by atoms with Crippen LogP contribution in [0.15, 0.2) is 72.3 Å². The van der Waals surface area contributed by atoms with Crippen LogP contribution < -0.4 is 14.8 Å². The van der Waals surface area contributed by atoms with Crippen molar-refractivity contribution in [3.63, 3.8) is 0 Å². The first-order valence-electron chi connectivity index (χ1n) is 15.5. The fourth-order valence-electron chi connectivity index (χ4n) is 6.38. The maximum atomic E-state index is 14.5. The van der Waals surface area contributed by atoms with E-state index < -0.39 is 0 Å². The number of nitrogens with one attached hydrogen (secondary N) is 1. The molecule has 1 N–H and O–H groups in total. The van der Waals surface area contributed by atoms with Crippen molar-refractivity contribution in [3.8, 4) is 11.5 Å². The molecule has 8 heteroatoms. The second kappa shape index (κ2) is 13.0. The first kappa shape index (κ1) is 30.2. The van der Waals surface area contributed by atoms with Gasteiger partial charge in [-0.3, -0.25) is 9.59 Å². The molecule has 44 heavy (non-hydrogen) atoms. The highest BCUT2D eigenvalue weighted by molar-refractivity contribution is 6.30. The molecule has 0 aromatic heterocycles. The summed E-state index contributed by atoms with van der Waals surface area (Å²) >= 11 is 6.05. The highest BCUT2D eigenvalue weighted by Gasteiger charge is 2.43. The molecule has 0 spiro atoms. The predicted molar refractivity (Wildman–Crippen MR) is 173 cm³/mol. The number of ether oxygens (including phenoxy) is 2. The highest BCUT2D eigenvalue weighted by Crippen LogP contribution is 2.38. The lowest BCUT2D eigenvalue weighted by Crippen LogP contribution is -2.61. The van der Waals surface area contributed by atoms with Gasteiger partial charge in [-0.05, 0) is 85.7 Å². The standard InChI is InChI=1S/C36H40ClN3O4/c1-23-5-4-6-26(17-23)20-40(30-10-11-30)36(42)35-32(19-29-21-39(25(3)41)22-33(35)38-29)27-7-12-31(13-8-27)43-15-16-44-34-14-9-28(37)18-24(34)2/h4-9,12-14,17-18,29-30,33,38H,10-11,15-16,19-22H2,1-3H3/t29-,33-/m1/s1. The van der Waals surface area contributed by atoms with E-state index in [-0.39, 0.29) is 29.9 Å². The van der Waals surface area contributed by atoms with E-state index >= 15 is 0 Å². The summed E-state index contributed by atoms with van der Waals surface area (Å²) in [5.41, 5.74) is 6.18. The van der Waals surface area contributed by atoms with Crippen molar-refractivity contribution in [1.29, 1.82) is 0 Å². The van der Waals surface area contributed by atoms with Crippen molar-refractivity contribution in [2.45, 2.75) is 64.7 Å². The van der Waals surface area contributed by atoms with E-state index in [9.17, 15) is 9.59 Å². The van der Waals surface area contributed by atoms with E-state index in [1.165, 1.54) is 5.56 Å². The molecule has 0 radical (unpaired) electrons. The van der Waals surface area contributed by atoms with Crippen molar-refractivity contribution in [3.05, 3.63) is 99.6 Å². The minimum Gasteiger partial charge on any atom is -0.490 e. The summed E-state index contributed by atoms with van der Waals surface area (Å²) < 4.78 is 11.8. The minimum atomic E-state index is -0.211. The van der Waals surface area contributed by atoms with Crippen molar-refractivity contribution >= 4 is 29.0 Å². The molecule has 1 saturated carbocycles. The molecule has 1 saturated heterocycles. The van der Waals surface area contributed by atoms with Crippen LogP contribution in [0.2, 0.25) is 5.02 Å². The van der Waals surface area contributed by atoms with Gasteiger partial charge in [0.05, 0.1) is 6.04 Å². The Kier molecular flexibility index (Phi) is 8.96. The third-order valence-electron chi connectivity index (χ3n) is 8.71.